The van der Waals surface area contributed by atoms with Crippen LogP contribution in [-0.4, -0.2) is 28.5 Å². The minimum Gasteiger partial charge on any atom is -0.497 e. The lowest BCUT2D eigenvalue weighted by Crippen LogP contribution is -2.26. The molecule has 1 N–H and O–H groups in total. The standard InChI is InChI=1S/C23H22N2O4S/c1-25(20-10-4-3-5-11-20)30(27,28)22-13-7-9-19(17-22)24-23(26)15-14-18-8-6-12-21(16-18)29-2/h3-17H,1-2H3,(H,24,26). The van der Waals surface area contributed by atoms with E-state index in [1.165, 1.54) is 29.6 Å². The Hall–Kier alpha value is -3.58. The molecule has 0 bridgehead atoms. The van der Waals surface area contributed by atoms with Crippen molar-refractivity contribution in [2.45, 2.75) is 4.90 Å². The Bertz CT molecular complexity index is 1160. The highest BCUT2D eigenvalue weighted by Gasteiger charge is 2.21. The number of rotatable bonds is 7. The largest absolute Gasteiger partial charge is 0.497 e. The molecule has 0 spiro atoms. The van der Waals surface area contributed by atoms with Crippen LogP contribution in [0.5, 0.6) is 5.75 Å². The highest BCUT2D eigenvalue weighted by Crippen LogP contribution is 2.23. The molecule has 3 aromatic rings. The smallest absolute Gasteiger partial charge is 0.264 e. The number of nitrogens with zero attached hydrogens (tertiary/aromatic N) is 1. The van der Waals surface area contributed by atoms with Gasteiger partial charge in [0, 0.05) is 18.8 Å². The van der Waals surface area contributed by atoms with E-state index in [-0.39, 0.29) is 10.8 Å². The van der Waals surface area contributed by atoms with Crippen molar-refractivity contribution in [3.8, 4) is 5.75 Å². The molecule has 154 valence electrons. The van der Waals surface area contributed by atoms with Crippen LogP contribution in [0.25, 0.3) is 6.08 Å². The lowest BCUT2D eigenvalue weighted by atomic mass is 10.2. The van der Waals surface area contributed by atoms with Crippen LogP contribution in [0.4, 0.5) is 11.4 Å². The number of para-hydroxylation sites is 1. The fraction of sp³-hybridized carbons (Fsp3) is 0.0870. The third-order valence-corrected chi connectivity index (χ3v) is 6.18. The summed E-state index contributed by atoms with van der Waals surface area (Å²) in [7, 11) is -0.695. The molecule has 0 aromatic heterocycles. The molecule has 1 amide bonds. The third kappa shape index (κ3) is 5.07. The molecule has 30 heavy (non-hydrogen) atoms. The first kappa shape index (κ1) is 21.1. The number of benzene rings is 3. The van der Waals surface area contributed by atoms with E-state index >= 15 is 0 Å². The number of carbonyl (C=O) groups excluding carboxylic acids is 1. The van der Waals surface area contributed by atoms with E-state index in [0.717, 1.165) is 5.56 Å². The molecular formula is C23H22N2O4S. The van der Waals surface area contributed by atoms with E-state index in [4.69, 9.17) is 4.74 Å². The summed E-state index contributed by atoms with van der Waals surface area (Å²) in [4.78, 5) is 12.4. The highest BCUT2D eigenvalue weighted by atomic mass is 32.2. The van der Waals surface area contributed by atoms with Gasteiger partial charge in [0.25, 0.3) is 10.0 Å². The Morgan fingerprint density at radius 2 is 1.70 bits per heavy atom. The summed E-state index contributed by atoms with van der Waals surface area (Å²) >= 11 is 0. The van der Waals surface area contributed by atoms with Crippen molar-refractivity contribution in [2.24, 2.45) is 0 Å². The normalized spacial score (nSPS) is 11.3. The molecule has 0 atom stereocenters. The molecule has 0 radical (unpaired) electrons. The van der Waals surface area contributed by atoms with Gasteiger partial charge in [0.2, 0.25) is 5.91 Å². The molecule has 3 aromatic carbocycles. The van der Waals surface area contributed by atoms with E-state index in [2.05, 4.69) is 5.32 Å². The molecule has 0 aliphatic carbocycles. The maximum Gasteiger partial charge on any atom is 0.264 e. The van der Waals surface area contributed by atoms with Gasteiger partial charge in [-0.05, 0) is 54.1 Å². The summed E-state index contributed by atoms with van der Waals surface area (Å²) in [6.07, 6.45) is 3.04. The molecule has 0 aliphatic rings. The first-order valence-corrected chi connectivity index (χ1v) is 10.6. The van der Waals surface area contributed by atoms with Gasteiger partial charge in [-0.3, -0.25) is 9.10 Å². The van der Waals surface area contributed by atoms with Gasteiger partial charge in [-0.25, -0.2) is 8.42 Å². The van der Waals surface area contributed by atoms with Crippen molar-refractivity contribution in [2.75, 3.05) is 23.8 Å². The third-order valence-electron chi connectivity index (χ3n) is 4.40. The van der Waals surface area contributed by atoms with E-state index in [0.29, 0.717) is 17.1 Å². The lowest BCUT2D eigenvalue weighted by Gasteiger charge is -2.19. The second-order valence-electron chi connectivity index (χ2n) is 6.44. The van der Waals surface area contributed by atoms with Crippen molar-refractivity contribution < 1.29 is 17.9 Å². The quantitative estimate of drug-likeness (QED) is 0.580. The number of nitrogens with one attached hydrogen (secondary N) is 1. The zero-order chi connectivity index (χ0) is 21.6. The predicted octanol–water partition coefficient (Wildman–Crippen LogP) is 4.17. The number of amides is 1. The van der Waals surface area contributed by atoms with E-state index in [1.54, 1.807) is 55.7 Å². The Balaban J connectivity index is 1.75. The molecule has 0 saturated heterocycles. The second-order valence-corrected chi connectivity index (χ2v) is 8.40. The molecule has 6 nitrogen and oxygen atoms in total. The monoisotopic (exact) mass is 422 g/mol. The average Bonchev–Trinajstić information content (AvgIpc) is 2.78. The van der Waals surface area contributed by atoms with Gasteiger partial charge in [-0.15, -0.1) is 0 Å². The fourth-order valence-electron chi connectivity index (χ4n) is 2.77. The minimum atomic E-state index is -3.76. The van der Waals surface area contributed by atoms with Crippen LogP contribution >= 0.6 is 0 Å². The van der Waals surface area contributed by atoms with Gasteiger partial charge in [0.05, 0.1) is 17.7 Å². The summed E-state index contributed by atoms with van der Waals surface area (Å²) in [5, 5.41) is 2.69. The van der Waals surface area contributed by atoms with Gasteiger partial charge < -0.3 is 10.1 Å². The number of carbonyl (C=O) groups is 1. The Labute approximate surface area is 176 Å². The zero-order valence-electron chi connectivity index (χ0n) is 16.6. The molecule has 0 unspecified atom stereocenters. The first-order valence-electron chi connectivity index (χ1n) is 9.17. The fourth-order valence-corrected chi connectivity index (χ4v) is 4.01. The van der Waals surface area contributed by atoms with Crippen LogP contribution in [0.2, 0.25) is 0 Å². The molecule has 3 rings (SSSR count). The van der Waals surface area contributed by atoms with E-state index < -0.39 is 10.0 Å². The first-order chi connectivity index (χ1) is 14.4. The van der Waals surface area contributed by atoms with Crippen LogP contribution in [-0.2, 0) is 14.8 Å². The Morgan fingerprint density at radius 3 is 2.43 bits per heavy atom. The molecule has 7 heteroatoms. The van der Waals surface area contributed by atoms with Crippen molar-refractivity contribution in [1.82, 2.24) is 0 Å². The van der Waals surface area contributed by atoms with Gasteiger partial charge in [0.1, 0.15) is 5.75 Å². The van der Waals surface area contributed by atoms with Crippen LogP contribution < -0.4 is 14.4 Å². The number of sulfonamides is 1. The lowest BCUT2D eigenvalue weighted by molar-refractivity contribution is -0.111. The minimum absolute atomic E-state index is 0.0865. The SMILES string of the molecule is COc1cccc(C=CC(=O)Nc2cccc(S(=O)(=O)N(C)c3ccccc3)c2)c1. The average molecular weight is 423 g/mol. The second kappa shape index (κ2) is 9.28. The number of ether oxygens (including phenoxy) is 1. The topological polar surface area (TPSA) is 75.7 Å². The highest BCUT2D eigenvalue weighted by molar-refractivity contribution is 7.92. The van der Waals surface area contributed by atoms with Crippen molar-refractivity contribution in [3.05, 3.63) is 90.5 Å². The van der Waals surface area contributed by atoms with Crippen molar-refractivity contribution in [3.63, 3.8) is 0 Å². The summed E-state index contributed by atoms with van der Waals surface area (Å²) in [6.45, 7) is 0. The summed E-state index contributed by atoms with van der Waals surface area (Å²) in [5.74, 6) is 0.321. The van der Waals surface area contributed by atoms with Crippen LogP contribution in [0.3, 0.4) is 0 Å². The zero-order valence-corrected chi connectivity index (χ0v) is 17.5. The van der Waals surface area contributed by atoms with Gasteiger partial charge in [-0.2, -0.15) is 0 Å². The Morgan fingerprint density at radius 1 is 0.967 bits per heavy atom. The molecular weight excluding hydrogens is 400 g/mol. The van der Waals surface area contributed by atoms with E-state index in [9.17, 15) is 13.2 Å². The molecule has 0 heterocycles. The van der Waals surface area contributed by atoms with Gasteiger partial charge >= 0.3 is 0 Å². The van der Waals surface area contributed by atoms with Crippen molar-refractivity contribution in [1.29, 1.82) is 0 Å². The summed E-state index contributed by atoms with van der Waals surface area (Å²) in [5.41, 5.74) is 1.75. The molecule has 0 aliphatic heterocycles. The van der Waals surface area contributed by atoms with Crippen LogP contribution in [0, 0.1) is 0 Å². The predicted molar refractivity (Wildman–Crippen MR) is 119 cm³/mol. The van der Waals surface area contributed by atoms with Gasteiger partial charge in [-0.1, -0.05) is 36.4 Å². The van der Waals surface area contributed by atoms with Crippen LogP contribution in [0.1, 0.15) is 5.56 Å². The van der Waals surface area contributed by atoms with Crippen molar-refractivity contribution >= 4 is 33.4 Å². The molecule has 0 fully saturated rings. The molecule has 0 saturated carbocycles. The Kier molecular flexibility index (Phi) is 6.54. The number of hydrogen-bond donors (Lipinski definition) is 1. The van der Waals surface area contributed by atoms with E-state index in [1.807, 2.05) is 24.3 Å². The number of hydrogen-bond acceptors (Lipinski definition) is 4. The van der Waals surface area contributed by atoms with Crippen LogP contribution in [0.15, 0.2) is 89.8 Å². The maximum atomic E-state index is 12.9. The summed E-state index contributed by atoms with van der Waals surface area (Å²) in [6, 6.07) is 22.2. The summed E-state index contributed by atoms with van der Waals surface area (Å²) < 4.78 is 32.2. The van der Waals surface area contributed by atoms with Gasteiger partial charge in [0.15, 0.2) is 0 Å². The number of anilines is 2. The number of methoxy groups -OCH3 is 1. The maximum absolute atomic E-state index is 12.9.